The molecule has 8 nitrogen and oxygen atoms in total. The van der Waals surface area contributed by atoms with Crippen molar-refractivity contribution in [3.63, 3.8) is 0 Å². The molecule has 0 aromatic carbocycles. The number of rotatable bonds is 59. The molecule has 9 heteroatoms. The Hall–Kier alpha value is -2.32. The second-order valence-corrected chi connectivity index (χ2v) is 24.5. The van der Waals surface area contributed by atoms with Crippen LogP contribution in [-0.2, 0) is 18.4 Å². The lowest BCUT2D eigenvalue weighted by Crippen LogP contribution is -2.45. The maximum atomic E-state index is 13.0. The van der Waals surface area contributed by atoms with Crippen molar-refractivity contribution in [2.45, 2.75) is 302 Å². The molecule has 3 atom stereocenters. The molecule has 0 aromatic heterocycles. The highest BCUT2D eigenvalue weighted by molar-refractivity contribution is 7.47. The zero-order valence-electron chi connectivity index (χ0n) is 51.2. The molecule has 3 N–H and O–H groups in total. The van der Waals surface area contributed by atoms with E-state index in [1.54, 1.807) is 6.08 Å². The highest BCUT2D eigenvalue weighted by Gasteiger charge is 2.27. The van der Waals surface area contributed by atoms with Crippen LogP contribution in [0, 0.1) is 0 Å². The van der Waals surface area contributed by atoms with Crippen molar-refractivity contribution in [2.24, 2.45) is 0 Å². The molecule has 0 bridgehead atoms. The average Bonchev–Trinajstić information content (AvgIpc) is 3.39. The molecule has 0 aromatic rings. The molecule has 0 spiro atoms. The SMILES string of the molecule is CC/C=C\C/C=C\C/C=C\C/C=C\CCCCCCCCCCCCCCCCCCCCCCC(=O)NC(COP(=O)(O)OCC[N+](C)(C)C)C(O)/C=C/CC/C=C/CC/C=C/CCCCCCCCCCCCCC. The highest BCUT2D eigenvalue weighted by atomic mass is 31.2. The summed E-state index contributed by atoms with van der Waals surface area (Å²) in [6, 6.07) is -0.873. The number of nitrogens with one attached hydrogen (secondary N) is 1. The molecule has 1 amide bonds. The molecule has 0 radical (unpaired) electrons. The summed E-state index contributed by atoms with van der Waals surface area (Å²) in [7, 11) is 1.55. The maximum absolute atomic E-state index is 13.0. The third kappa shape index (κ3) is 61.2. The fraction of sp³-hybridized carbons (Fsp3) is 0.779. The molecule has 0 saturated carbocycles. The van der Waals surface area contributed by atoms with Crippen LogP contribution < -0.4 is 5.32 Å². The average molecular weight is 1100 g/mol. The van der Waals surface area contributed by atoms with Gasteiger partial charge in [0, 0.05) is 6.42 Å². The van der Waals surface area contributed by atoms with Crippen molar-refractivity contribution < 1.29 is 32.9 Å². The fourth-order valence-corrected chi connectivity index (χ4v) is 10.0. The van der Waals surface area contributed by atoms with Crippen LogP contribution in [0.5, 0.6) is 0 Å². The summed E-state index contributed by atoms with van der Waals surface area (Å²) in [5.74, 6) is -0.189. The summed E-state index contributed by atoms with van der Waals surface area (Å²) < 4.78 is 23.7. The lowest BCUT2D eigenvalue weighted by Gasteiger charge is -2.25. The zero-order chi connectivity index (χ0) is 56.3. The van der Waals surface area contributed by atoms with E-state index in [4.69, 9.17) is 9.05 Å². The molecule has 0 aliphatic heterocycles. The van der Waals surface area contributed by atoms with E-state index in [1.807, 2.05) is 27.2 Å². The van der Waals surface area contributed by atoms with Crippen LogP contribution in [0.3, 0.4) is 0 Å². The van der Waals surface area contributed by atoms with Gasteiger partial charge in [-0.25, -0.2) is 4.57 Å². The number of hydrogen-bond donors (Lipinski definition) is 3. The van der Waals surface area contributed by atoms with Gasteiger partial charge in [0.1, 0.15) is 13.2 Å². The molecule has 0 aliphatic carbocycles. The quantitative estimate of drug-likeness (QED) is 0.0243. The van der Waals surface area contributed by atoms with E-state index in [2.05, 4.69) is 92.1 Å². The number of nitrogens with zero attached hydrogens (tertiary/aromatic N) is 1. The number of phosphoric acid groups is 1. The van der Waals surface area contributed by atoms with Crippen LogP contribution in [0.25, 0.3) is 0 Å². The van der Waals surface area contributed by atoms with Crippen molar-refractivity contribution in [2.75, 3.05) is 40.9 Å². The van der Waals surface area contributed by atoms with Crippen LogP contribution in [0.4, 0.5) is 0 Å². The number of phosphoric ester groups is 1. The topological polar surface area (TPSA) is 105 Å². The molecule has 0 fully saturated rings. The molecule has 77 heavy (non-hydrogen) atoms. The maximum Gasteiger partial charge on any atom is 0.472 e. The van der Waals surface area contributed by atoms with Crippen molar-refractivity contribution in [3.05, 3.63) is 85.1 Å². The van der Waals surface area contributed by atoms with Gasteiger partial charge in [0.05, 0.1) is 39.9 Å². The minimum atomic E-state index is -4.37. The number of amides is 1. The Morgan fingerprint density at radius 2 is 0.792 bits per heavy atom. The largest absolute Gasteiger partial charge is 0.472 e. The van der Waals surface area contributed by atoms with Gasteiger partial charge in [0.15, 0.2) is 0 Å². The number of hydrogen-bond acceptors (Lipinski definition) is 5. The third-order valence-electron chi connectivity index (χ3n) is 14.3. The predicted molar refractivity (Wildman–Crippen MR) is 336 cm³/mol. The number of allylic oxidation sites excluding steroid dienone is 13. The number of carbonyl (C=O) groups excluding carboxylic acids is 1. The van der Waals surface area contributed by atoms with Crippen molar-refractivity contribution in [3.8, 4) is 0 Å². The van der Waals surface area contributed by atoms with Gasteiger partial charge in [-0.3, -0.25) is 13.8 Å². The van der Waals surface area contributed by atoms with Crippen molar-refractivity contribution in [1.29, 1.82) is 0 Å². The second kappa shape index (κ2) is 58.3. The Kier molecular flexibility index (Phi) is 56.6. The van der Waals surface area contributed by atoms with Gasteiger partial charge in [-0.1, -0.05) is 285 Å². The first-order valence-electron chi connectivity index (χ1n) is 32.5. The number of aliphatic hydroxyl groups excluding tert-OH is 1. The van der Waals surface area contributed by atoms with E-state index in [9.17, 15) is 19.4 Å². The summed E-state index contributed by atoms with van der Waals surface area (Å²) in [5.41, 5.74) is 0. The first-order valence-corrected chi connectivity index (χ1v) is 34.0. The lowest BCUT2D eigenvalue weighted by molar-refractivity contribution is -0.870. The Morgan fingerprint density at radius 1 is 0.455 bits per heavy atom. The van der Waals surface area contributed by atoms with Gasteiger partial charge in [0.2, 0.25) is 5.91 Å². The fourth-order valence-electron chi connectivity index (χ4n) is 9.30. The molecule has 0 rings (SSSR count). The van der Waals surface area contributed by atoms with E-state index in [0.717, 1.165) is 70.6 Å². The third-order valence-corrected chi connectivity index (χ3v) is 15.3. The molecular formula is C68H126N2O6P+. The molecule has 3 unspecified atom stereocenters. The van der Waals surface area contributed by atoms with Gasteiger partial charge in [-0.05, 0) is 83.5 Å². The number of likely N-dealkylation sites (N-methyl/N-ethyl adjacent to an activating group) is 1. The van der Waals surface area contributed by atoms with Gasteiger partial charge in [0.25, 0.3) is 0 Å². The van der Waals surface area contributed by atoms with E-state index in [1.165, 1.54) is 199 Å². The Labute approximate surface area is 477 Å². The molecular weight excluding hydrogens is 972 g/mol. The van der Waals surface area contributed by atoms with Crippen LogP contribution in [0.15, 0.2) is 85.1 Å². The molecule has 0 aliphatic rings. The molecule has 0 heterocycles. The molecule has 0 saturated heterocycles. The summed E-state index contributed by atoms with van der Waals surface area (Å²) in [5, 5.41) is 13.9. The summed E-state index contributed by atoms with van der Waals surface area (Å²) in [6.07, 6.45) is 82.9. The van der Waals surface area contributed by atoms with Gasteiger partial charge in [-0.2, -0.15) is 0 Å². The van der Waals surface area contributed by atoms with Gasteiger partial charge in [-0.15, -0.1) is 0 Å². The van der Waals surface area contributed by atoms with Gasteiger partial charge >= 0.3 is 7.82 Å². The van der Waals surface area contributed by atoms with Crippen molar-refractivity contribution in [1.82, 2.24) is 5.32 Å². The van der Waals surface area contributed by atoms with Crippen LogP contribution in [-0.4, -0.2) is 73.4 Å². The summed E-state index contributed by atoms with van der Waals surface area (Å²) >= 11 is 0. The summed E-state index contributed by atoms with van der Waals surface area (Å²) in [4.78, 5) is 23.4. The van der Waals surface area contributed by atoms with E-state index < -0.39 is 20.0 Å². The Morgan fingerprint density at radius 3 is 1.19 bits per heavy atom. The Balaban J connectivity index is 4.12. The monoisotopic (exact) mass is 1100 g/mol. The summed E-state index contributed by atoms with van der Waals surface area (Å²) in [6.45, 7) is 4.70. The van der Waals surface area contributed by atoms with Crippen molar-refractivity contribution >= 4 is 13.7 Å². The van der Waals surface area contributed by atoms with Gasteiger partial charge < -0.3 is 19.8 Å². The van der Waals surface area contributed by atoms with Crippen LogP contribution in [0.2, 0.25) is 0 Å². The molecule has 448 valence electrons. The number of carbonyl (C=O) groups is 1. The standard InChI is InChI=1S/C68H125N2O6P/c1-6-8-10-12-14-16-18-20-22-24-26-28-30-31-32-33-34-35-36-37-38-39-40-42-44-46-48-50-52-54-56-58-60-62-68(72)69-66(65-76-77(73,74)75-64-63-70(3,4)5)67(71)61-59-57-55-53-51-49-47-45-43-41-29-27-25-23-21-19-17-15-13-11-9-7-2/h8,10,14,16,20,22,26,28,43,45,51,53,59,61,66-67,71H,6-7,9,11-13,15,17-19,21,23-25,27,29-42,44,46-50,52,54-58,60,62-65H2,1-5H3,(H-,69,72,73,74)/p+1/b10-8-,16-14-,22-20-,28-26-,45-43+,53-51+,61-59+. The first-order chi connectivity index (χ1) is 37.5. The lowest BCUT2D eigenvalue weighted by atomic mass is 10.0. The second-order valence-electron chi connectivity index (χ2n) is 23.1. The zero-order valence-corrected chi connectivity index (χ0v) is 52.1. The predicted octanol–water partition coefficient (Wildman–Crippen LogP) is 20.4. The first kappa shape index (κ1) is 74.7. The number of unbranched alkanes of at least 4 members (excludes halogenated alkanes) is 34. The number of aliphatic hydroxyl groups is 1. The van der Waals surface area contributed by atoms with Crippen LogP contribution in [0.1, 0.15) is 290 Å². The minimum absolute atomic E-state index is 0.0522. The Bertz CT molecular complexity index is 1530. The highest BCUT2D eigenvalue weighted by Crippen LogP contribution is 2.43. The smallest absolute Gasteiger partial charge is 0.387 e. The normalized spacial score (nSPS) is 14.3. The minimum Gasteiger partial charge on any atom is -0.387 e. The van der Waals surface area contributed by atoms with E-state index >= 15 is 0 Å². The van der Waals surface area contributed by atoms with E-state index in [-0.39, 0.29) is 19.1 Å². The number of quaternary nitrogens is 1. The van der Waals surface area contributed by atoms with Crippen LogP contribution >= 0.6 is 7.82 Å². The van der Waals surface area contributed by atoms with E-state index in [0.29, 0.717) is 17.4 Å².